The van der Waals surface area contributed by atoms with Gasteiger partial charge in [0.1, 0.15) is 0 Å². The zero-order chi connectivity index (χ0) is 15.1. The summed E-state index contributed by atoms with van der Waals surface area (Å²) in [6.07, 6.45) is 1.25. The Hall–Kier alpha value is -1.10. The van der Waals surface area contributed by atoms with Gasteiger partial charge in [0.2, 0.25) is 11.8 Å². The van der Waals surface area contributed by atoms with Gasteiger partial charge in [-0.15, -0.1) is 0 Å². The molecule has 0 heterocycles. The summed E-state index contributed by atoms with van der Waals surface area (Å²) in [5.41, 5.74) is -0.933. The average molecular weight is 272 g/mol. The molecule has 0 radical (unpaired) electrons. The maximum atomic E-state index is 11.5. The van der Waals surface area contributed by atoms with E-state index in [4.69, 9.17) is 0 Å². The molecule has 0 spiro atoms. The number of aliphatic hydroxyl groups is 1. The Morgan fingerprint density at radius 1 is 1.11 bits per heavy atom. The Balaban J connectivity index is 3.85. The van der Waals surface area contributed by atoms with E-state index in [2.05, 4.69) is 10.6 Å². The molecule has 3 N–H and O–H groups in total. The van der Waals surface area contributed by atoms with E-state index in [0.29, 0.717) is 12.3 Å². The Morgan fingerprint density at radius 2 is 1.68 bits per heavy atom. The molecule has 1 atom stereocenters. The van der Waals surface area contributed by atoms with E-state index in [9.17, 15) is 14.7 Å². The Morgan fingerprint density at radius 3 is 2.16 bits per heavy atom. The highest BCUT2D eigenvalue weighted by atomic mass is 16.3. The van der Waals surface area contributed by atoms with Gasteiger partial charge in [0.15, 0.2) is 0 Å². The van der Waals surface area contributed by atoms with Gasteiger partial charge in [0.25, 0.3) is 0 Å². The predicted molar refractivity (Wildman–Crippen MR) is 75.6 cm³/mol. The van der Waals surface area contributed by atoms with Crippen LogP contribution in [0.3, 0.4) is 0 Å². The van der Waals surface area contributed by atoms with Crippen LogP contribution in [0.25, 0.3) is 0 Å². The smallest absolute Gasteiger partial charge is 0.239 e. The molecule has 112 valence electrons. The van der Waals surface area contributed by atoms with Crippen LogP contribution in [0.5, 0.6) is 0 Å². The number of carbonyl (C=O) groups is 2. The molecule has 0 rings (SSSR count). The molecular formula is C14H28N2O3. The van der Waals surface area contributed by atoms with E-state index in [-0.39, 0.29) is 30.8 Å². The maximum absolute atomic E-state index is 11.5. The minimum Gasteiger partial charge on any atom is -0.388 e. The van der Waals surface area contributed by atoms with Crippen molar-refractivity contribution < 1.29 is 14.7 Å². The first-order chi connectivity index (χ1) is 8.65. The maximum Gasteiger partial charge on any atom is 0.239 e. The fourth-order valence-corrected chi connectivity index (χ4v) is 1.23. The monoisotopic (exact) mass is 272 g/mol. The van der Waals surface area contributed by atoms with Crippen molar-refractivity contribution >= 4 is 11.8 Å². The van der Waals surface area contributed by atoms with E-state index >= 15 is 0 Å². The van der Waals surface area contributed by atoms with E-state index < -0.39 is 5.60 Å². The molecule has 0 aliphatic heterocycles. The zero-order valence-electron chi connectivity index (χ0n) is 12.7. The lowest BCUT2D eigenvalue weighted by Crippen LogP contribution is -2.47. The number of hydrogen-bond donors (Lipinski definition) is 3. The van der Waals surface area contributed by atoms with Gasteiger partial charge in [0, 0.05) is 13.0 Å². The Kier molecular flexibility index (Phi) is 7.68. The summed E-state index contributed by atoms with van der Waals surface area (Å²) < 4.78 is 0. The van der Waals surface area contributed by atoms with Gasteiger partial charge in [0.05, 0.1) is 12.1 Å². The lowest BCUT2D eigenvalue weighted by atomic mass is 9.92. The molecule has 0 aromatic heterocycles. The third kappa shape index (κ3) is 8.59. The lowest BCUT2D eigenvalue weighted by Gasteiger charge is -2.27. The van der Waals surface area contributed by atoms with Crippen LogP contribution in [0.2, 0.25) is 0 Å². The van der Waals surface area contributed by atoms with Crippen molar-refractivity contribution in [3.8, 4) is 0 Å². The number of carbonyl (C=O) groups excluding carboxylic acids is 2. The van der Waals surface area contributed by atoms with Crippen molar-refractivity contribution in [2.75, 3.05) is 13.1 Å². The second-order valence-electron chi connectivity index (χ2n) is 6.00. The van der Waals surface area contributed by atoms with Gasteiger partial charge < -0.3 is 15.7 Å². The summed E-state index contributed by atoms with van der Waals surface area (Å²) in [5, 5.41) is 15.2. The standard InChI is InChI=1S/C14H28N2O3/c1-10(2)6-7-12(17)15-8-13(18)16-9-14(5,19)11(3)4/h10-11,19H,6-9H2,1-5H3,(H,15,17)(H,16,18). The zero-order valence-corrected chi connectivity index (χ0v) is 12.7. The molecule has 5 heteroatoms. The summed E-state index contributed by atoms with van der Waals surface area (Å²) in [5.74, 6) is 0.132. The first-order valence-corrected chi connectivity index (χ1v) is 6.91. The van der Waals surface area contributed by atoms with Gasteiger partial charge in [-0.3, -0.25) is 9.59 Å². The normalized spacial score (nSPS) is 14.3. The molecule has 0 aromatic rings. The first kappa shape index (κ1) is 17.9. The number of hydrogen-bond acceptors (Lipinski definition) is 3. The molecule has 19 heavy (non-hydrogen) atoms. The molecule has 0 aliphatic carbocycles. The second kappa shape index (κ2) is 8.15. The summed E-state index contributed by atoms with van der Waals surface area (Å²) in [7, 11) is 0. The van der Waals surface area contributed by atoms with Crippen LogP contribution in [0.15, 0.2) is 0 Å². The molecule has 0 aromatic carbocycles. The molecular weight excluding hydrogens is 244 g/mol. The summed E-state index contributed by atoms with van der Waals surface area (Å²) in [4.78, 5) is 22.9. The SMILES string of the molecule is CC(C)CCC(=O)NCC(=O)NCC(C)(O)C(C)C. The van der Waals surface area contributed by atoms with Crippen LogP contribution in [-0.4, -0.2) is 35.6 Å². The van der Waals surface area contributed by atoms with Crippen molar-refractivity contribution in [1.29, 1.82) is 0 Å². The molecule has 2 amide bonds. The van der Waals surface area contributed by atoms with Crippen molar-refractivity contribution in [2.45, 2.75) is 53.1 Å². The largest absolute Gasteiger partial charge is 0.388 e. The molecule has 0 fully saturated rings. The van der Waals surface area contributed by atoms with Crippen LogP contribution >= 0.6 is 0 Å². The van der Waals surface area contributed by atoms with Gasteiger partial charge in [-0.05, 0) is 25.2 Å². The highest BCUT2D eigenvalue weighted by Gasteiger charge is 2.25. The van der Waals surface area contributed by atoms with Crippen molar-refractivity contribution in [3.05, 3.63) is 0 Å². The molecule has 0 saturated carbocycles. The van der Waals surface area contributed by atoms with Gasteiger partial charge in [-0.25, -0.2) is 0 Å². The minimum absolute atomic E-state index is 0.0366. The molecule has 5 nitrogen and oxygen atoms in total. The van der Waals surface area contributed by atoms with E-state index in [1.54, 1.807) is 6.92 Å². The summed E-state index contributed by atoms with van der Waals surface area (Å²) >= 11 is 0. The first-order valence-electron chi connectivity index (χ1n) is 6.91. The third-order valence-electron chi connectivity index (χ3n) is 3.28. The van der Waals surface area contributed by atoms with Gasteiger partial charge >= 0.3 is 0 Å². The molecule has 0 aliphatic rings. The van der Waals surface area contributed by atoms with E-state index in [1.807, 2.05) is 27.7 Å². The fourth-order valence-electron chi connectivity index (χ4n) is 1.23. The quantitative estimate of drug-likeness (QED) is 0.618. The lowest BCUT2D eigenvalue weighted by molar-refractivity contribution is -0.126. The number of rotatable bonds is 8. The molecule has 0 saturated heterocycles. The van der Waals surface area contributed by atoms with E-state index in [1.165, 1.54) is 0 Å². The van der Waals surface area contributed by atoms with Crippen molar-refractivity contribution in [2.24, 2.45) is 11.8 Å². The highest BCUT2D eigenvalue weighted by Crippen LogP contribution is 2.14. The average Bonchev–Trinajstić information content (AvgIpc) is 2.31. The van der Waals surface area contributed by atoms with Gasteiger partial charge in [-0.2, -0.15) is 0 Å². The number of nitrogens with one attached hydrogen (secondary N) is 2. The van der Waals surface area contributed by atoms with Crippen LogP contribution in [0.4, 0.5) is 0 Å². The highest BCUT2D eigenvalue weighted by molar-refractivity contribution is 5.84. The summed E-state index contributed by atoms with van der Waals surface area (Å²) in [6, 6.07) is 0. The van der Waals surface area contributed by atoms with Crippen LogP contribution in [-0.2, 0) is 9.59 Å². The number of amides is 2. The fraction of sp³-hybridized carbons (Fsp3) is 0.857. The topological polar surface area (TPSA) is 78.4 Å². The van der Waals surface area contributed by atoms with Gasteiger partial charge in [-0.1, -0.05) is 27.7 Å². The summed E-state index contributed by atoms with van der Waals surface area (Å²) in [6.45, 7) is 9.71. The van der Waals surface area contributed by atoms with Crippen LogP contribution < -0.4 is 10.6 Å². The predicted octanol–water partition coefficient (Wildman–Crippen LogP) is 1.06. The van der Waals surface area contributed by atoms with Crippen molar-refractivity contribution in [3.63, 3.8) is 0 Å². The van der Waals surface area contributed by atoms with Crippen LogP contribution in [0, 0.1) is 11.8 Å². The minimum atomic E-state index is -0.933. The van der Waals surface area contributed by atoms with E-state index in [0.717, 1.165) is 6.42 Å². The Bertz CT molecular complexity index is 299. The molecule has 0 bridgehead atoms. The third-order valence-corrected chi connectivity index (χ3v) is 3.28. The van der Waals surface area contributed by atoms with Crippen molar-refractivity contribution in [1.82, 2.24) is 10.6 Å². The second-order valence-corrected chi connectivity index (χ2v) is 6.00. The Labute approximate surface area is 116 Å². The van der Waals surface area contributed by atoms with Crippen LogP contribution in [0.1, 0.15) is 47.5 Å². The molecule has 1 unspecified atom stereocenters.